The van der Waals surface area contributed by atoms with E-state index in [-0.39, 0.29) is 36.5 Å². The van der Waals surface area contributed by atoms with Gasteiger partial charge in [0.2, 0.25) is 11.8 Å². The van der Waals surface area contributed by atoms with Gasteiger partial charge in [-0.05, 0) is 74.5 Å². The maximum Gasteiger partial charge on any atom is 0.421 e. The van der Waals surface area contributed by atoms with Gasteiger partial charge in [0.25, 0.3) is 0 Å². The van der Waals surface area contributed by atoms with Gasteiger partial charge in [-0.15, -0.1) is 0 Å². The summed E-state index contributed by atoms with van der Waals surface area (Å²) in [6.45, 7) is 4.16. The zero-order chi connectivity index (χ0) is 32.9. The Labute approximate surface area is 269 Å². The van der Waals surface area contributed by atoms with Crippen molar-refractivity contribution < 1.29 is 32.5 Å². The number of halogens is 3. The summed E-state index contributed by atoms with van der Waals surface area (Å²) in [6.07, 6.45) is 2.71. The first-order valence-electron chi connectivity index (χ1n) is 16.1. The Bertz CT molecular complexity index is 1800. The predicted molar refractivity (Wildman–Crippen MR) is 166 cm³/mol. The molecule has 2 aliphatic heterocycles. The fraction of sp³-hybridized carbons (Fsp3) is 0.471. The molecule has 1 saturated carbocycles. The average molecular weight is 651 g/mol. The number of amides is 1. The number of hydrogen-bond acceptors (Lipinski definition) is 8. The van der Waals surface area contributed by atoms with Crippen LogP contribution < -0.4 is 9.47 Å². The number of nitrogens with zero attached hydrogens (tertiary/aromatic N) is 5. The van der Waals surface area contributed by atoms with E-state index in [1.165, 1.54) is 6.20 Å². The quantitative estimate of drug-likeness (QED) is 0.250. The van der Waals surface area contributed by atoms with E-state index in [0.717, 1.165) is 42.2 Å². The number of aliphatic hydroxyl groups is 1. The molecule has 0 spiro atoms. The molecule has 3 aliphatic rings. The summed E-state index contributed by atoms with van der Waals surface area (Å²) < 4.78 is 54.2. The number of piperidine rings is 1. The first-order chi connectivity index (χ1) is 22.5. The van der Waals surface area contributed by atoms with Crippen molar-refractivity contribution >= 4 is 16.9 Å². The van der Waals surface area contributed by atoms with Gasteiger partial charge in [-0.25, -0.2) is 9.97 Å². The number of pyridine rings is 3. The molecule has 6 heterocycles. The van der Waals surface area contributed by atoms with Crippen LogP contribution in [0, 0.1) is 0 Å². The minimum Gasteiger partial charge on any atom is -0.474 e. The minimum absolute atomic E-state index is 0.0370. The van der Waals surface area contributed by atoms with E-state index in [0.29, 0.717) is 55.1 Å². The summed E-state index contributed by atoms with van der Waals surface area (Å²) in [7, 11) is 1.97. The number of rotatable bonds is 8. The summed E-state index contributed by atoms with van der Waals surface area (Å²) in [5.41, 5.74) is 1.37. The lowest BCUT2D eigenvalue weighted by molar-refractivity contribution is -0.140. The van der Waals surface area contributed by atoms with Gasteiger partial charge >= 0.3 is 6.18 Å². The van der Waals surface area contributed by atoms with Crippen LogP contribution in [0.3, 0.4) is 0 Å². The van der Waals surface area contributed by atoms with Crippen LogP contribution in [-0.4, -0.2) is 73.5 Å². The van der Waals surface area contributed by atoms with Crippen LogP contribution >= 0.6 is 0 Å². The highest BCUT2D eigenvalue weighted by Crippen LogP contribution is 2.46. The highest BCUT2D eigenvalue weighted by molar-refractivity contribution is 5.84. The summed E-state index contributed by atoms with van der Waals surface area (Å²) in [5, 5.41) is 11.3. The largest absolute Gasteiger partial charge is 0.474 e. The van der Waals surface area contributed by atoms with Gasteiger partial charge < -0.3 is 29.4 Å². The second-order valence-corrected chi connectivity index (χ2v) is 13.0. The van der Waals surface area contributed by atoms with Crippen LogP contribution in [0.15, 0.2) is 42.9 Å². The number of ether oxygens (including phenoxy) is 2. The Balaban J connectivity index is 1.08. The van der Waals surface area contributed by atoms with E-state index in [1.54, 1.807) is 23.4 Å². The number of hydrogen-bond donors (Lipinski definition) is 2. The molecule has 1 saturated heterocycles. The number of fused-ring (bicyclic) bond motifs is 2. The van der Waals surface area contributed by atoms with Crippen LogP contribution in [0.25, 0.3) is 11.0 Å². The van der Waals surface area contributed by atoms with E-state index < -0.39 is 23.2 Å². The molecule has 4 aromatic rings. The van der Waals surface area contributed by atoms with Gasteiger partial charge in [0.1, 0.15) is 34.4 Å². The van der Waals surface area contributed by atoms with Crippen molar-refractivity contribution in [3.8, 4) is 17.4 Å². The number of aromatic amines is 1. The minimum atomic E-state index is -4.67. The van der Waals surface area contributed by atoms with Crippen LogP contribution in [0.1, 0.15) is 73.0 Å². The second kappa shape index (κ2) is 12.1. The lowest BCUT2D eigenvalue weighted by atomic mass is 9.92. The maximum absolute atomic E-state index is 14.1. The lowest BCUT2D eigenvalue weighted by Crippen LogP contribution is -2.39. The standard InChI is InChI=1S/C34H37F3N6O4/c1-3-21-18-43(29(44)13-20-12-26(34(35,36)37)32(40-16-20)47-23-5-10-42(2)11-6-23)19-22-14-24(17-39-30(21)22)46-27-4-9-38-31-25(27)15-28(41-31)33(45)7-8-33/h4,9,12,14-17,21,23,45H,3,5-8,10-11,13,18-19H2,1-2H3,(H,38,41)/t21-/m0/s1. The first kappa shape index (κ1) is 31.4. The molecular weight excluding hydrogens is 613 g/mol. The molecule has 0 bridgehead atoms. The Morgan fingerprint density at radius 1 is 1.13 bits per heavy atom. The van der Waals surface area contributed by atoms with E-state index in [4.69, 9.17) is 14.5 Å². The SMILES string of the molecule is CC[C@H]1CN(C(=O)Cc2cnc(OC3CCN(C)CC3)c(C(F)(F)F)c2)Cc2cc(Oc3ccnc4[nH]c(C5(O)CC5)cc34)cnc21. The number of nitrogens with one attached hydrogen (secondary N) is 1. The Morgan fingerprint density at radius 3 is 2.64 bits per heavy atom. The molecule has 7 rings (SSSR count). The number of carbonyl (C=O) groups excluding carboxylic acids is 1. The molecule has 0 radical (unpaired) electrons. The monoisotopic (exact) mass is 650 g/mol. The number of carbonyl (C=O) groups is 1. The topological polar surface area (TPSA) is 117 Å². The van der Waals surface area contributed by atoms with Crippen LogP contribution in [0.2, 0.25) is 0 Å². The molecule has 2 N–H and O–H groups in total. The highest BCUT2D eigenvalue weighted by atomic mass is 19.4. The highest BCUT2D eigenvalue weighted by Gasteiger charge is 2.44. The third kappa shape index (κ3) is 6.51. The third-order valence-electron chi connectivity index (χ3n) is 9.47. The second-order valence-electron chi connectivity index (χ2n) is 13.0. The van der Waals surface area contributed by atoms with Crippen molar-refractivity contribution in [3.63, 3.8) is 0 Å². The van der Waals surface area contributed by atoms with E-state index in [2.05, 4.69) is 19.9 Å². The Kier molecular flexibility index (Phi) is 8.07. The molecule has 1 aliphatic carbocycles. The molecular formula is C34H37F3N6O4. The van der Waals surface area contributed by atoms with Gasteiger partial charge in [0, 0.05) is 50.2 Å². The van der Waals surface area contributed by atoms with Crippen LogP contribution in [0.4, 0.5) is 13.2 Å². The van der Waals surface area contributed by atoms with Gasteiger partial charge in [0.15, 0.2) is 0 Å². The summed E-state index contributed by atoms with van der Waals surface area (Å²) in [4.78, 5) is 33.6. The van der Waals surface area contributed by atoms with Crippen molar-refractivity contribution in [2.24, 2.45) is 0 Å². The zero-order valence-corrected chi connectivity index (χ0v) is 26.3. The smallest absolute Gasteiger partial charge is 0.421 e. The summed E-state index contributed by atoms with van der Waals surface area (Å²) in [5.74, 6) is 0.256. The normalized spacial score (nSPS) is 19.9. The number of H-pyrrole nitrogens is 1. The molecule has 1 amide bonds. The molecule has 0 aromatic carbocycles. The van der Waals surface area contributed by atoms with Crippen molar-refractivity contribution in [1.82, 2.24) is 29.7 Å². The number of aromatic nitrogens is 4. The van der Waals surface area contributed by atoms with E-state index in [1.807, 2.05) is 26.1 Å². The van der Waals surface area contributed by atoms with E-state index >= 15 is 0 Å². The molecule has 248 valence electrons. The lowest BCUT2D eigenvalue weighted by Gasteiger charge is -2.34. The maximum atomic E-state index is 14.1. The Hall–Kier alpha value is -4.23. The molecule has 1 atom stereocenters. The fourth-order valence-electron chi connectivity index (χ4n) is 6.48. The average Bonchev–Trinajstić information content (AvgIpc) is 3.63. The van der Waals surface area contributed by atoms with Crippen LogP contribution in [-0.2, 0) is 29.5 Å². The fourth-order valence-corrected chi connectivity index (χ4v) is 6.48. The van der Waals surface area contributed by atoms with Crippen molar-refractivity contribution in [2.45, 2.75) is 75.8 Å². The zero-order valence-electron chi connectivity index (χ0n) is 26.3. The molecule has 13 heteroatoms. The number of alkyl halides is 3. The Morgan fingerprint density at radius 2 is 1.91 bits per heavy atom. The van der Waals surface area contributed by atoms with Crippen molar-refractivity contribution in [1.29, 1.82) is 0 Å². The number of likely N-dealkylation sites (tertiary alicyclic amines) is 1. The van der Waals surface area contributed by atoms with Gasteiger partial charge in [-0.1, -0.05) is 6.92 Å². The van der Waals surface area contributed by atoms with Crippen LogP contribution in [0.5, 0.6) is 17.4 Å². The van der Waals surface area contributed by atoms with Crippen molar-refractivity contribution in [3.05, 3.63) is 70.9 Å². The summed E-state index contributed by atoms with van der Waals surface area (Å²) in [6, 6.07) is 6.45. The van der Waals surface area contributed by atoms with Crippen molar-refractivity contribution in [2.75, 3.05) is 26.7 Å². The molecule has 0 unspecified atom stereocenters. The molecule has 10 nitrogen and oxygen atoms in total. The van der Waals surface area contributed by atoms with Gasteiger partial charge in [-0.2, -0.15) is 13.2 Å². The molecule has 4 aromatic heterocycles. The van der Waals surface area contributed by atoms with Gasteiger partial charge in [0.05, 0.1) is 23.7 Å². The molecule has 2 fully saturated rings. The van der Waals surface area contributed by atoms with E-state index in [9.17, 15) is 23.1 Å². The summed E-state index contributed by atoms with van der Waals surface area (Å²) >= 11 is 0. The predicted octanol–water partition coefficient (Wildman–Crippen LogP) is 5.70. The van der Waals surface area contributed by atoms with Gasteiger partial charge in [-0.3, -0.25) is 9.78 Å². The molecule has 47 heavy (non-hydrogen) atoms. The first-order valence-corrected chi connectivity index (χ1v) is 16.1. The third-order valence-corrected chi connectivity index (χ3v) is 9.47.